The molecule has 0 aliphatic heterocycles. The Hall–Kier alpha value is -0.610. The Morgan fingerprint density at radius 1 is 1.43 bits per heavy atom. The van der Waals surface area contributed by atoms with Crippen molar-refractivity contribution in [2.45, 2.75) is 46.0 Å². The minimum absolute atomic E-state index is 0.00269. The maximum absolute atomic E-state index is 13.3. The van der Waals surface area contributed by atoms with E-state index in [1.54, 1.807) is 0 Å². The summed E-state index contributed by atoms with van der Waals surface area (Å²) >= 11 is 9.32. The first kappa shape index (κ1) is 16.8. The average Bonchev–Trinajstić information content (AvgIpc) is 2.82. The second-order valence-electron chi connectivity index (χ2n) is 6.28. The topological polar surface area (TPSA) is 29.1 Å². The van der Waals surface area contributed by atoms with Crippen LogP contribution in [0.1, 0.15) is 46.0 Å². The Bertz CT molecular complexity index is 518. The molecule has 1 saturated carbocycles. The first-order valence-electron chi connectivity index (χ1n) is 7.30. The first-order chi connectivity index (χ1) is 9.84. The molecule has 1 aliphatic rings. The average molecular weight is 377 g/mol. The van der Waals surface area contributed by atoms with Crippen molar-refractivity contribution in [1.82, 2.24) is 0 Å². The molecule has 5 heteroatoms. The Labute approximate surface area is 138 Å². The van der Waals surface area contributed by atoms with Crippen LogP contribution in [0.3, 0.4) is 0 Å². The smallest absolute Gasteiger partial charge is 0.230 e. The van der Waals surface area contributed by atoms with Gasteiger partial charge in [-0.3, -0.25) is 4.79 Å². The van der Waals surface area contributed by atoms with E-state index in [1.807, 2.05) is 0 Å². The second kappa shape index (κ2) is 6.66. The lowest BCUT2D eigenvalue weighted by Crippen LogP contribution is -2.35. The zero-order valence-corrected chi connectivity index (χ0v) is 14.7. The van der Waals surface area contributed by atoms with Gasteiger partial charge >= 0.3 is 0 Å². The summed E-state index contributed by atoms with van der Waals surface area (Å²) in [5.41, 5.74) is 0.142. The van der Waals surface area contributed by atoms with Gasteiger partial charge in [0, 0.05) is 9.89 Å². The van der Waals surface area contributed by atoms with Crippen LogP contribution in [0.5, 0.6) is 0 Å². The molecule has 21 heavy (non-hydrogen) atoms. The van der Waals surface area contributed by atoms with Gasteiger partial charge in [0.15, 0.2) is 0 Å². The molecule has 0 unspecified atom stereocenters. The molecule has 0 bridgehead atoms. The number of hydrogen-bond acceptors (Lipinski definition) is 1. The maximum atomic E-state index is 13.3. The fourth-order valence-corrected chi connectivity index (χ4v) is 4.16. The molecule has 116 valence electrons. The molecule has 0 heterocycles. The third-order valence-corrected chi connectivity index (χ3v) is 5.01. The third kappa shape index (κ3) is 3.78. The molecule has 2 rings (SSSR count). The van der Waals surface area contributed by atoms with Crippen LogP contribution in [0.4, 0.5) is 10.1 Å². The Kier molecular flexibility index (Phi) is 5.31. The molecule has 0 aromatic heterocycles. The Morgan fingerprint density at radius 2 is 2.05 bits per heavy atom. The van der Waals surface area contributed by atoms with Crippen LogP contribution in [0, 0.1) is 17.2 Å². The molecule has 1 fully saturated rings. The minimum Gasteiger partial charge on any atom is -0.323 e. The van der Waals surface area contributed by atoms with E-state index in [0.717, 1.165) is 32.1 Å². The van der Waals surface area contributed by atoms with Crippen LogP contribution < -0.4 is 5.32 Å². The zero-order chi connectivity index (χ0) is 15.6. The number of carbonyl (C=O) groups excluding carboxylic acids is 1. The number of nitrogens with one attached hydrogen (secondary N) is 1. The summed E-state index contributed by atoms with van der Waals surface area (Å²) < 4.78 is 13.7. The van der Waals surface area contributed by atoms with E-state index in [1.165, 1.54) is 12.1 Å². The Balaban J connectivity index is 2.24. The van der Waals surface area contributed by atoms with Crippen LogP contribution >= 0.6 is 27.5 Å². The largest absolute Gasteiger partial charge is 0.323 e. The summed E-state index contributed by atoms with van der Waals surface area (Å²) in [6.07, 6.45) is 4.85. The normalized spacial score (nSPS) is 17.2. The van der Waals surface area contributed by atoms with E-state index >= 15 is 0 Å². The van der Waals surface area contributed by atoms with Gasteiger partial charge in [0.1, 0.15) is 5.82 Å². The molecule has 0 radical (unpaired) electrons. The highest BCUT2D eigenvalue weighted by Crippen LogP contribution is 2.45. The summed E-state index contributed by atoms with van der Waals surface area (Å²) in [6, 6.07) is 2.52. The molecule has 2 nitrogen and oxygen atoms in total. The van der Waals surface area contributed by atoms with Crippen molar-refractivity contribution in [1.29, 1.82) is 0 Å². The van der Waals surface area contributed by atoms with E-state index in [0.29, 0.717) is 16.1 Å². The fraction of sp³-hybridized carbons (Fsp3) is 0.562. The van der Waals surface area contributed by atoms with Crippen LogP contribution in [-0.4, -0.2) is 5.91 Å². The summed E-state index contributed by atoms with van der Waals surface area (Å²) in [5.74, 6) is 0.0338. The molecule has 1 aliphatic carbocycles. The van der Waals surface area contributed by atoms with E-state index in [9.17, 15) is 9.18 Å². The highest BCUT2D eigenvalue weighted by atomic mass is 79.9. The van der Waals surface area contributed by atoms with Crippen LogP contribution in [0.15, 0.2) is 16.6 Å². The maximum Gasteiger partial charge on any atom is 0.230 e. The van der Waals surface area contributed by atoms with Crippen molar-refractivity contribution in [2.75, 3.05) is 5.32 Å². The molecule has 1 aromatic rings. The van der Waals surface area contributed by atoms with Gasteiger partial charge in [-0.05, 0) is 53.2 Å². The van der Waals surface area contributed by atoms with E-state index in [-0.39, 0.29) is 16.3 Å². The molecule has 1 amide bonds. The van der Waals surface area contributed by atoms with Gasteiger partial charge in [-0.1, -0.05) is 38.3 Å². The molecule has 0 saturated heterocycles. The van der Waals surface area contributed by atoms with Crippen LogP contribution in [0.25, 0.3) is 0 Å². The molecular weight excluding hydrogens is 357 g/mol. The zero-order valence-electron chi connectivity index (χ0n) is 12.3. The van der Waals surface area contributed by atoms with Crippen molar-refractivity contribution < 1.29 is 9.18 Å². The van der Waals surface area contributed by atoms with Gasteiger partial charge in [-0.15, -0.1) is 0 Å². The third-order valence-electron chi connectivity index (χ3n) is 4.09. The number of hydrogen-bond donors (Lipinski definition) is 1. The monoisotopic (exact) mass is 375 g/mol. The summed E-state index contributed by atoms with van der Waals surface area (Å²) in [4.78, 5) is 12.8. The highest BCUT2D eigenvalue weighted by Gasteiger charge is 2.41. The first-order valence-corrected chi connectivity index (χ1v) is 8.47. The predicted molar refractivity (Wildman–Crippen MR) is 88.1 cm³/mol. The Morgan fingerprint density at radius 3 is 2.57 bits per heavy atom. The number of anilines is 1. The van der Waals surface area contributed by atoms with E-state index < -0.39 is 5.82 Å². The standard InChI is InChI=1S/C16H20BrClFNO/c1-10(2)9-16(5-3-4-6-16)15(21)20-14-12(17)7-11(19)8-13(14)18/h7-8,10H,3-6,9H2,1-2H3,(H,20,21). The van der Waals surface area contributed by atoms with Crippen molar-refractivity contribution in [3.63, 3.8) is 0 Å². The van der Waals surface area contributed by atoms with Gasteiger partial charge in [-0.25, -0.2) is 4.39 Å². The van der Waals surface area contributed by atoms with Gasteiger partial charge in [-0.2, -0.15) is 0 Å². The molecule has 1 N–H and O–H groups in total. The van der Waals surface area contributed by atoms with Crippen LogP contribution in [0.2, 0.25) is 5.02 Å². The number of carbonyl (C=O) groups is 1. The number of halogens is 3. The molecule has 0 atom stereocenters. The minimum atomic E-state index is -0.428. The SMILES string of the molecule is CC(C)CC1(C(=O)Nc2c(Cl)cc(F)cc2Br)CCCC1. The number of amides is 1. The van der Waals surface area contributed by atoms with Gasteiger partial charge < -0.3 is 5.32 Å². The summed E-state index contributed by atoms with van der Waals surface area (Å²) in [7, 11) is 0. The predicted octanol–water partition coefficient (Wildman–Crippen LogP) is 5.79. The van der Waals surface area contributed by atoms with Crippen molar-refractivity contribution >= 4 is 39.1 Å². The number of rotatable bonds is 4. The number of benzene rings is 1. The summed E-state index contributed by atoms with van der Waals surface area (Å²) in [5, 5.41) is 3.13. The lowest BCUT2D eigenvalue weighted by molar-refractivity contribution is -0.126. The lowest BCUT2D eigenvalue weighted by Gasteiger charge is -2.30. The van der Waals surface area contributed by atoms with E-state index in [4.69, 9.17) is 11.6 Å². The summed E-state index contributed by atoms with van der Waals surface area (Å²) in [6.45, 7) is 4.27. The second-order valence-corrected chi connectivity index (χ2v) is 7.55. The lowest BCUT2D eigenvalue weighted by atomic mass is 9.77. The van der Waals surface area contributed by atoms with E-state index in [2.05, 4.69) is 35.1 Å². The van der Waals surface area contributed by atoms with Gasteiger partial charge in [0.2, 0.25) is 5.91 Å². The molecular formula is C16H20BrClFNO. The highest BCUT2D eigenvalue weighted by molar-refractivity contribution is 9.10. The fourth-order valence-electron chi connectivity index (χ4n) is 3.26. The molecule has 0 spiro atoms. The van der Waals surface area contributed by atoms with Crippen molar-refractivity contribution in [3.8, 4) is 0 Å². The van der Waals surface area contributed by atoms with Gasteiger partial charge in [0.25, 0.3) is 0 Å². The molecule has 1 aromatic carbocycles. The van der Waals surface area contributed by atoms with Crippen LogP contribution in [-0.2, 0) is 4.79 Å². The van der Waals surface area contributed by atoms with Gasteiger partial charge in [0.05, 0.1) is 10.7 Å². The van der Waals surface area contributed by atoms with Crippen molar-refractivity contribution in [3.05, 3.63) is 27.4 Å². The van der Waals surface area contributed by atoms with Crippen molar-refractivity contribution in [2.24, 2.45) is 11.3 Å². The quantitative estimate of drug-likeness (QED) is 0.708.